The number of tetrazole rings is 1. The molecule has 0 unspecified atom stereocenters. The van der Waals surface area contributed by atoms with E-state index in [1.807, 2.05) is 20.8 Å². The fraction of sp³-hybridized carbons (Fsp3) is 0.385. The Kier molecular flexibility index (Phi) is 3.97. The number of benzene rings is 1. The standard InChI is InChI=1S/C13H15F2N5O/c1-13(2,3)12-17-18-19-20(12)7-11(21)16-8-4-5-9(14)10(15)6-8/h4-6H,7H2,1-3H3,(H,16,21). The number of rotatable bonds is 3. The molecular formula is C13H15F2N5O. The maximum absolute atomic E-state index is 13.1. The van der Waals surface area contributed by atoms with Crippen LogP contribution in [-0.4, -0.2) is 26.1 Å². The first-order valence-electron chi connectivity index (χ1n) is 6.29. The van der Waals surface area contributed by atoms with Crippen molar-refractivity contribution in [3.8, 4) is 0 Å². The molecule has 1 aromatic heterocycles. The van der Waals surface area contributed by atoms with E-state index in [0.717, 1.165) is 12.1 Å². The third kappa shape index (κ3) is 3.59. The Hall–Kier alpha value is -2.38. The number of carbonyl (C=O) groups excluding carboxylic acids is 1. The lowest BCUT2D eigenvalue weighted by Gasteiger charge is -2.16. The van der Waals surface area contributed by atoms with Crippen molar-refractivity contribution in [3.63, 3.8) is 0 Å². The fourth-order valence-electron chi connectivity index (χ4n) is 1.76. The summed E-state index contributed by atoms with van der Waals surface area (Å²) in [5.41, 5.74) is -0.143. The van der Waals surface area contributed by atoms with E-state index in [4.69, 9.17) is 0 Å². The van der Waals surface area contributed by atoms with E-state index in [2.05, 4.69) is 20.8 Å². The molecule has 0 saturated heterocycles. The average molecular weight is 295 g/mol. The highest BCUT2D eigenvalue weighted by Gasteiger charge is 2.23. The molecule has 0 aliphatic heterocycles. The van der Waals surface area contributed by atoms with Crippen LogP contribution in [0.5, 0.6) is 0 Å². The Morgan fingerprint density at radius 2 is 2.00 bits per heavy atom. The van der Waals surface area contributed by atoms with Gasteiger partial charge < -0.3 is 5.32 Å². The summed E-state index contributed by atoms with van der Waals surface area (Å²) < 4.78 is 27.2. The number of amides is 1. The van der Waals surface area contributed by atoms with Gasteiger partial charge in [0.2, 0.25) is 5.91 Å². The summed E-state index contributed by atoms with van der Waals surface area (Å²) in [5, 5.41) is 13.7. The summed E-state index contributed by atoms with van der Waals surface area (Å²) in [5.74, 6) is -1.86. The molecule has 8 heteroatoms. The summed E-state index contributed by atoms with van der Waals surface area (Å²) in [6.45, 7) is 5.64. The van der Waals surface area contributed by atoms with Crippen LogP contribution < -0.4 is 5.32 Å². The van der Waals surface area contributed by atoms with Gasteiger partial charge in [0.1, 0.15) is 6.54 Å². The van der Waals surface area contributed by atoms with Gasteiger partial charge >= 0.3 is 0 Å². The lowest BCUT2D eigenvalue weighted by atomic mass is 9.96. The van der Waals surface area contributed by atoms with Gasteiger partial charge in [0, 0.05) is 17.2 Å². The molecule has 1 heterocycles. The smallest absolute Gasteiger partial charge is 0.246 e. The normalized spacial score (nSPS) is 11.5. The van der Waals surface area contributed by atoms with Crippen molar-refractivity contribution in [1.29, 1.82) is 0 Å². The summed E-state index contributed by atoms with van der Waals surface area (Å²) in [6, 6.07) is 3.14. The highest BCUT2D eigenvalue weighted by Crippen LogP contribution is 2.18. The van der Waals surface area contributed by atoms with Crippen molar-refractivity contribution < 1.29 is 13.6 Å². The number of hydrogen-bond acceptors (Lipinski definition) is 4. The summed E-state index contributed by atoms with van der Waals surface area (Å²) in [7, 11) is 0. The second kappa shape index (κ2) is 5.55. The van der Waals surface area contributed by atoms with Crippen LogP contribution in [0, 0.1) is 11.6 Å². The zero-order valence-electron chi connectivity index (χ0n) is 11.9. The summed E-state index contributed by atoms with van der Waals surface area (Å²) in [6.07, 6.45) is 0. The van der Waals surface area contributed by atoms with Gasteiger partial charge in [-0.15, -0.1) is 5.10 Å². The Balaban J connectivity index is 2.09. The molecule has 0 aliphatic rings. The van der Waals surface area contributed by atoms with Crippen molar-refractivity contribution in [2.24, 2.45) is 0 Å². The third-order valence-electron chi connectivity index (χ3n) is 2.70. The minimum Gasteiger partial charge on any atom is -0.324 e. The fourth-order valence-corrected chi connectivity index (χ4v) is 1.76. The quantitative estimate of drug-likeness (QED) is 0.938. The lowest BCUT2D eigenvalue weighted by Crippen LogP contribution is -2.25. The molecular weight excluding hydrogens is 280 g/mol. The van der Waals surface area contributed by atoms with E-state index in [9.17, 15) is 13.6 Å². The number of aromatic nitrogens is 4. The number of carbonyl (C=O) groups is 1. The van der Waals surface area contributed by atoms with Gasteiger partial charge in [0.05, 0.1) is 0 Å². The maximum Gasteiger partial charge on any atom is 0.246 e. The summed E-state index contributed by atoms with van der Waals surface area (Å²) in [4.78, 5) is 11.9. The molecule has 0 bridgehead atoms. The van der Waals surface area contributed by atoms with Gasteiger partial charge in [0.25, 0.3) is 0 Å². The molecule has 1 amide bonds. The molecule has 0 spiro atoms. The van der Waals surface area contributed by atoms with Gasteiger partial charge in [-0.3, -0.25) is 4.79 Å². The predicted molar refractivity (Wildman–Crippen MR) is 71.5 cm³/mol. The first-order chi connectivity index (χ1) is 9.77. The van der Waals surface area contributed by atoms with E-state index in [-0.39, 0.29) is 17.6 Å². The van der Waals surface area contributed by atoms with Gasteiger partial charge in [-0.1, -0.05) is 20.8 Å². The number of hydrogen-bond donors (Lipinski definition) is 1. The molecule has 0 atom stereocenters. The zero-order chi connectivity index (χ0) is 15.6. The molecule has 1 N–H and O–H groups in total. The number of halogens is 2. The van der Waals surface area contributed by atoms with Gasteiger partial charge in [0.15, 0.2) is 17.5 Å². The van der Waals surface area contributed by atoms with Crippen LogP contribution in [0.2, 0.25) is 0 Å². The zero-order valence-corrected chi connectivity index (χ0v) is 11.9. The monoisotopic (exact) mass is 295 g/mol. The van der Waals surface area contributed by atoms with Gasteiger partial charge in [-0.2, -0.15) is 0 Å². The molecule has 21 heavy (non-hydrogen) atoms. The Bertz CT molecular complexity index is 663. The van der Waals surface area contributed by atoms with Crippen LogP contribution in [-0.2, 0) is 16.8 Å². The Morgan fingerprint density at radius 1 is 1.29 bits per heavy atom. The van der Waals surface area contributed by atoms with E-state index in [1.54, 1.807) is 0 Å². The average Bonchev–Trinajstić information content (AvgIpc) is 2.81. The molecule has 2 aromatic rings. The van der Waals surface area contributed by atoms with Gasteiger partial charge in [-0.25, -0.2) is 13.5 Å². The molecule has 0 aliphatic carbocycles. The van der Waals surface area contributed by atoms with E-state index >= 15 is 0 Å². The van der Waals surface area contributed by atoms with Crippen LogP contribution >= 0.6 is 0 Å². The van der Waals surface area contributed by atoms with Crippen molar-refractivity contribution in [2.75, 3.05) is 5.32 Å². The van der Waals surface area contributed by atoms with E-state index in [0.29, 0.717) is 5.82 Å². The van der Waals surface area contributed by atoms with Gasteiger partial charge in [-0.05, 0) is 22.6 Å². The van der Waals surface area contributed by atoms with Crippen LogP contribution in [0.25, 0.3) is 0 Å². The third-order valence-corrected chi connectivity index (χ3v) is 2.70. The molecule has 2 rings (SSSR count). The van der Waals surface area contributed by atoms with Crippen LogP contribution in [0.1, 0.15) is 26.6 Å². The van der Waals surface area contributed by atoms with Crippen molar-refractivity contribution in [3.05, 3.63) is 35.7 Å². The molecule has 0 saturated carbocycles. The highest BCUT2D eigenvalue weighted by molar-refractivity contribution is 5.90. The van der Waals surface area contributed by atoms with Crippen molar-refractivity contribution in [2.45, 2.75) is 32.7 Å². The lowest BCUT2D eigenvalue weighted by molar-refractivity contribution is -0.117. The molecule has 0 radical (unpaired) electrons. The number of nitrogens with zero attached hydrogens (tertiary/aromatic N) is 4. The Morgan fingerprint density at radius 3 is 2.62 bits per heavy atom. The topological polar surface area (TPSA) is 72.7 Å². The van der Waals surface area contributed by atoms with E-state index < -0.39 is 17.5 Å². The molecule has 112 valence electrons. The minimum absolute atomic E-state index is 0.113. The largest absolute Gasteiger partial charge is 0.324 e. The van der Waals surface area contributed by atoms with Crippen molar-refractivity contribution in [1.82, 2.24) is 20.2 Å². The molecule has 1 aromatic carbocycles. The number of nitrogens with one attached hydrogen (secondary N) is 1. The van der Waals surface area contributed by atoms with Crippen LogP contribution in [0.4, 0.5) is 14.5 Å². The number of anilines is 1. The second-order valence-electron chi connectivity index (χ2n) is 5.59. The predicted octanol–water partition coefficient (Wildman–Crippen LogP) is 1.89. The molecule has 6 nitrogen and oxygen atoms in total. The summed E-state index contributed by atoms with van der Waals surface area (Å²) >= 11 is 0. The van der Waals surface area contributed by atoms with Crippen molar-refractivity contribution >= 4 is 11.6 Å². The second-order valence-corrected chi connectivity index (χ2v) is 5.59. The maximum atomic E-state index is 13.1. The van der Waals surface area contributed by atoms with Crippen LogP contribution in [0.15, 0.2) is 18.2 Å². The van der Waals surface area contributed by atoms with Crippen LogP contribution in [0.3, 0.4) is 0 Å². The minimum atomic E-state index is -1.02. The molecule has 0 fully saturated rings. The Labute approximate surface area is 120 Å². The van der Waals surface area contributed by atoms with E-state index in [1.165, 1.54) is 10.7 Å². The first kappa shape index (κ1) is 15.0. The highest BCUT2D eigenvalue weighted by atomic mass is 19.2. The first-order valence-corrected chi connectivity index (χ1v) is 6.29. The SMILES string of the molecule is CC(C)(C)c1nnnn1CC(=O)Nc1ccc(F)c(F)c1.